The van der Waals surface area contributed by atoms with Crippen LogP contribution in [-0.4, -0.2) is 11.5 Å². The van der Waals surface area contributed by atoms with Gasteiger partial charge in [-0.25, -0.2) is 0 Å². The van der Waals surface area contributed by atoms with Gasteiger partial charge in [-0.2, -0.15) is 0 Å². The summed E-state index contributed by atoms with van der Waals surface area (Å²) in [6, 6.07) is 0. The van der Waals surface area contributed by atoms with Crippen molar-refractivity contribution in [1.82, 2.24) is 0 Å². The number of carbonyl (C=O) groups is 1. The number of hydrogen-bond acceptors (Lipinski definition) is 2. The largest absolute Gasteiger partial charge is 0.305 e. The van der Waals surface area contributed by atoms with Crippen LogP contribution in [0.15, 0.2) is 12.2 Å². The predicted molar refractivity (Wildman–Crippen MR) is 40.3 cm³/mol. The van der Waals surface area contributed by atoms with E-state index in [1.54, 1.807) is 13.0 Å². The van der Waals surface area contributed by atoms with E-state index in [0.717, 1.165) is 12.8 Å². The van der Waals surface area contributed by atoms with Gasteiger partial charge in [0.2, 0.25) is 0 Å². The summed E-state index contributed by atoms with van der Waals surface area (Å²) in [5.74, 6) is 0.290. The van der Waals surface area contributed by atoms with Gasteiger partial charge in [0.1, 0.15) is 5.78 Å². The molecular weight excluding hydrogens is 126 g/mol. The third kappa shape index (κ3) is 1.53. The molecule has 0 amide bonds. The summed E-state index contributed by atoms with van der Waals surface area (Å²) in [4.78, 5) is 10.8. The second kappa shape index (κ2) is 2.78. The second-order valence-corrected chi connectivity index (χ2v) is 2.64. The molecule has 0 heterocycles. The molecule has 0 aromatic heterocycles. The highest BCUT2D eigenvalue weighted by Crippen LogP contribution is 2.15. The first-order chi connectivity index (χ1) is 4.70. The van der Waals surface area contributed by atoms with Crippen LogP contribution in [0.5, 0.6) is 0 Å². The quantitative estimate of drug-likeness (QED) is 0.585. The van der Waals surface area contributed by atoms with E-state index in [0.29, 0.717) is 5.71 Å². The summed E-state index contributed by atoms with van der Waals surface area (Å²) >= 11 is 0. The Bertz CT molecular complexity index is 193. The van der Waals surface area contributed by atoms with Gasteiger partial charge < -0.3 is 5.41 Å². The van der Waals surface area contributed by atoms with Gasteiger partial charge in [0, 0.05) is 11.6 Å². The fraction of sp³-hybridized carbons (Fsp3) is 0.500. The molecule has 0 radical (unpaired) electrons. The first-order valence-electron chi connectivity index (χ1n) is 3.46. The maximum absolute atomic E-state index is 10.8. The molecule has 1 rings (SSSR count). The minimum Gasteiger partial charge on any atom is -0.305 e. The predicted octanol–water partition coefficient (Wildman–Crippen LogP) is 1.56. The summed E-state index contributed by atoms with van der Waals surface area (Å²) in [6.07, 6.45) is 5.13. The van der Waals surface area contributed by atoms with E-state index in [-0.39, 0.29) is 11.7 Å². The molecule has 1 aliphatic carbocycles. The fourth-order valence-corrected chi connectivity index (χ4v) is 1.06. The van der Waals surface area contributed by atoms with Gasteiger partial charge in [-0.1, -0.05) is 6.08 Å². The maximum Gasteiger partial charge on any atom is 0.136 e. The zero-order chi connectivity index (χ0) is 7.56. The highest BCUT2D eigenvalue weighted by atomic mass is 16.1. The summed E-state index contributed by atoms with van der Waals surface area (Å²) in [5, 5.41) is 7.22. The molecule has 1 aliphatic rings. The van der Waals surface area contributed by atoms with Crippen LogP contribution in [0, 0.1) is 11.3 Å². The Morgan fingerprint density at radius 3 is 2.90 bits per heavy atom. The van der Waals surface area contributed by atoms with E-state index in [9.17, 15) is 4.79 Å². The highest BCUT2D eigenvalue weighted by Gasteiger charge is 2.14. The first kappa shape index (κ1) is 7.19. The molecule has 0 aromatic carbocycles. The molecule has 0 aromatic rings. The van der Waals surface area contributed by atoms with Crippen molar-refractivity contribution in [2.24, 2.45) is 5.92 Å². The van der Waals surface area contributed by atoms with Crippen molar-refractivity contribution in [2.75, 3.05) is 0 Å². The third-order valence-electron chi connectivity index (χ3n) is 1.78. The van der Waals surface area contributed by atoms with Crippen LogP contribution in [0.2, 0.25) is 0 Å². The van der Waals surface area contributed by atoms with Crippen LogP contribution in [0.3, 0.4) is 0 Å². The first-order valence-corrected chi connectivity index (χ1v) is 3.46. The number of nitrogens with one attached hydrogen (secondary N) is 1. The Hall–Kier alpha value is -0.920. The van der Waals surface area contributed by atoms with Crippen molar-refractivity contribution in [3.8, 4) is 0 Å². The van der Waals surface area contributed by atoms with Gasteiger partial charge in [0.15, 0.2) is 0 Å². The van der Waals surface area contributed by atoms with Crippen LogP contribution in [0.4, 0.5) is 0 Å². The summed E-state index contributed by atoms with van der Waals surface area (Å²) < 4.78 is 0. The summed E-state index contributed by atoms with van der Waals surface area (Å²) in [6.45, 7) is 1.60. The van der Waals surface area contributed by atoms with Gasteiger partial charge in [0.05, 0.1) is 0 Å². The van der Waals surface area contributed by atoms with Crippen LogP contribution in [0.1, 0.15) is 19.8 Å². The molecule has 1 atom stereocenters. The van der Waals surface area contributed by atoms with E-state index in [1.165, 1.54) is 0 Å². The number of carbonyl (C=O) groups excluding carboxylic acids is 1. The lowest BCUT2D eigenvalue weighted by Crippen LogP contribution is -2.13. The lowest BCUT2D eigenvalue weighted by atomic mass is 9.92. The number of allylic oxidation sites excluding steroid dienone is 2. The fourth-order valence-electron chi connectivity index (χ4n) is 1.06. The molecule has 10 heavy (non-hydrogen) atoms. The zero-order valence-electron chi connectivity index (χ0n) is 6.05. The SMILES string of the molecule is CC(=O)C1C=CC(=N)CC1. The maximum atomic E-state index is 10.8. The van der Waals surface area contributed by atoms with Crippen LogP contribution in [-0.2, 0) is 4.79 Å². The van der Waals surface area contributed by atoms with Crippen LogP contribution < -0.4 is 0 Å². The number of hydrogen-bond donors (Lipinski definition) is 1. The van der Waals surface area contributed by atoms with Gasteiger partial charge >= 0.3 is 0 Å². The Morgan fingerprint density at radius 1 is 1.80 bits per heavy atom. The smallest absolute Gasteiger partial charge is 0.136 e. The van der Waals surface area contributed by atoms with Crippen molar-refractivity contribution in [1.29, 1.82) is 5.41 Å². The van der Waals surface area contributed by atoms with E-state index in [2.05, 4.69) is 0 Å². The molecule has 0 saturated heterocycles. The number of rotatable bonds is 1. The molecule has 0 bridgehead atoms. The minimum absolute atomic E-state index is 0.0779. The molecule has 2 nitrogen and oxygen atoms in total. The molecule has 54 valence electrons. The average Bonchev–Trinajstić information content (AvgIpc) is 1.88. The number of ketones is 1. The molecule has 0 spiro atoms. The highest BCUT2D eigenvalue weighted by molar-refractivity contribution is 5.95. The van der Waals surface area contributed by atoms with Crippen LogP contribution >= 0.6 is 0 Å². The van der Waals surface area contributed by atoms with E-state index in [4.69, 9.17) is 5.41 Å². The molecule has 0 aliphatic heterocycles. The standard InChI is InChI=1S/C8H11NO/c1-6(10)7-2-4-8(9)5-3-7/h2,4,7,9H,3,5H2,1H3. The summed E-state index contributed by atoms with van der Waals surface area (Å²) in [5.41, 5.74) is 0.637. The monoisotopic (exact) mass is 137 g/mol. The third-order valence-corrected chi connectivity index (χ3v) is 1.78. The molecular formula is C8H11NO. The Labute approximate surface area is 60.4 Å². The normalized spacial score (nSPS) is 24.9. The van der Waals surface area contributed by atoms with E-state index < -0.39 is 0 Å². The Kier molecular flexibility index (Phi) is 2.00. The molecule has 0 saturated carbocycles. The van der Waals surface area contributed by atoms with E-state index >= 15 is 0 Å². The summed E-state index contributed by atoms with van der Waals surface area (Å²) in [7, 11) is 0. The zero-order valence-corrected chi connectivity index (χ0v) is 6.05. The van der Waals surface area contributed by atoms with Crippen molar-refractivity contribution < 1.29 is 4.79 Å². The molecule has 1 N–H and O–H groups in total. The lowest BCUT2D eigenvalue weighted by Gasteiger charge is -2.12. The number of Topliss-reactive ketones (excluding diaryl/α,β-unsaturated/α-hetero) is 1. The molecule has 0 fully saturated rings. The van der Waals surface area contributed by atoms with Gasteiger partial charge in [-0.05, 0) is 25.8 Å². The average molecular weight is 137 g/mol. The van der Waals surface area contributed by atoms with Crippen molar-refractivity contribution in [3.05, 3.63) is 12.2 Å². The molecule has 1 unspecified atom stereocenters. The Morgan fingerprint density at radius 2 is 2.50 bits per heavy atom. The minimum atomic E-state index is 0.0779. The Balaban J connectivity index is 2.61. The van der Waals surface area contributed by atoms with Crippen molar-refractivity contribution in [3.63, 3.8) is 0 Å². The second-order valence-electron chi connectivity index (χ2n) is 2.64. The van der Waals surface area contributed by atoms with Gasteiger partial charge in [-0.3, -0.25) is 4.79 Å². The molecule has 2 heteroatoms. The van der Waals surface area contributed by atoms with Crippen molar-refractivity contribution in [2.45, 2.75) is 19.8 Å². The lowest BCUT2D eigenvalue weighted by molar-refractivity contribution is -0.119. The van der Waals surface area contributed by atoms with Crippen LogP contribution in [0.25, 0.3) is 0 Å². The van der Waals surface area contributed by atoms with Crippen molar-refractivity contribution >= 4 is 11.5 Å². The van der Waals surface area contributed by atoms with Gasteiger partial charge in [0.25, 0.3) is 0 Å². The van der Waals surface area contributed by atoms with Gasteiger partial charge in [-0.15, -0.1) is 0 Å². The van der Waals surface area contributed by atoms with E-state index in [1.807, 2.05) is 6.08 Å². The topological polar surface area (TPSA) is 40.9 Å².